The van der Waals surface area contributed by atoms with Crippen LogP contribution in [0.2, 0.25) is 10.0 Å². The molecule has 3 nitrogen and oxygen atoms in total. The van der Waals surface area contributed by atoms with Gasteiger partial charge in [-0.25, -0.2) is 0 Å². The summed E-state index contributed by atoms with van der Waals surface area (Å²) in [4.78, 5) is 11.6. The molecule has 0 fully saturated rings. The number of benzene rings is 1. The molecular weight excluding hydrogens is 436 g/mol. The zero-order valence-electron chi connectivity index (χ0n) is 13.4. The molecule has 0 saturated carbocycles. The van der Waals surface area contributed by atoms with Crippen LogP contribution in [0.15, 0.2) is 18.2 Å². The van der Waals surface area contributed by atoms with Gasteiger partial charge in [-0.15, -0.1) is 0 Å². The topological polar surface area (TPSA) is 38.3 Å². The van der Waals surface area contributed by atoms with Crippen LogP contribution in [0.25, 0.3) is 0 Å². The first-order valence-electron chi connectivity index (χ1n) is 7.19. The van der Waals surface area contributed by atoms with Gasteiger partial charge in [-0.05, 0) is 0 Å². The molecule has 0 aliphatic carbocycles. The van der Waals surface area contributed by atoms with E-state index in [4.69, 9.17) is 27.9 Å². The first-order valence-corrected chi connectivity index (χ1v) is 10.7. The van der Waals surface area contributed by atoms with Gasteiger partial charge in [0.1, 0.15) is 0 Å². The van der Waals surface area contributed by atoms with Crippen LogP contribution in [0.1, 0.15) is 39.7 Å². The molecule has 1 unspecified atom stereocenters. The SMILES string of the molecule is CCC(Cc1ccc(Cl)c(Cl)c1)[I-]CNC(=O)OC(C)(C)C. The number of carbonyl (C=O) groups is 1. The molecule has 1 aromatic rings. The summed E-state index contributed by atoms with van der Waals surface area (Å²) in [5.74, 6) is 0. The molecule has 6 heteroatoms. The van der Waals surface area contributed by atoms with Crippen molar-refractivity contribution in [1.82, 2.24) is 5.32 Å². The normalized spacial score (nSPS) is 13.0. The Labute approximate surface area is 153 Å². The van der Waals surface area contributed by atoms with Crippen molar-refractivity contribution in [2.24, 2.45) is 0 Å². The number of hydrogen-bond acceptors (Lipinski definition) is 2. The monoisotopic (exact) mass is 458 g/mol. The third-order valence-electron chi connectivity index (χ3n) is 2.79. The second-order valence-corrected chi connectivity index (χ2v) is 10.1. The summed E-state index contributed by atoms with van der Waals surface area (Å²) in [5.41, 5.74) is 0.741. The van der Waals surface area contributed by atoms with Crippen LogP contribution in [0.4, 0.5) is 4.79 Å². The minimum atomic E-state index is -0.452. The van der Waals surface area contributed by atoms with E-state index in [0.717, 1.165) is 12.8 Å². The Kier molecular flexibility index (Phi) is 8.28. The molecule has 22 heavy (non-hydrogen) atoms. The molecule has 0 aliphatic heterocycles. The van der Waals surface area contributed by atoms with Gasteiger partial charge >= 0.3 is 154 Å². The van der Waals surface area contributed by atoms with Gasteiger partial charge in [0, 0.05) is 0 Å². The van der Waals surface area contributed by atoms with E-state index in [1.807, 2.05) is 39.0 Å². The first kappa shape index (κ1) is 19.8. The van der Waals surface area contributed by atoms with E-state index in [-0.39, 0.29) is 27.3 Å². The molecule has 1 atom stereocenters. The number of hydrogen-bond donors (Lipinski definition) is 1. The number of halogens is 3. The van der Waals surface area contributed by atoms with Crippen molar-refractivity contribution >= 4 is 29.3 Å². The van der Waals surface area contributed by atoms with Gasteiger partial charge in [0.15, 0.2) is 0 Å². The summed E-state index contributed by atoms with van der Waals surface area (Å²) < 4.78 is 6.54. The van der Waals surface area contributed by atoms with Crippen LogP contribution in [-0.4, -0.2) is 20.2 Å². The molecule has 0 spiro atoms. The Morgan fingerprint density at radius 1 is 1.32 bits per heavy atom. The van der Waals surface area contributed by atoms with Gasteiger partial charge in [0.05, 0.1) is 0 Å². The van der Waals surface area contributed by atoms with E-state index in [0.29, 0.717) is 18.5 Å². The van der Waals surface area contributed by atoms with Crippen LogP contribution >= 0.6 is 23.2 Å². The molecule has 0 bridgehead atoms. The van der Waals surface area contributed by atoms with Crippen LogP contribution < -0.4 is 26.5 Å². The molecule has 0 heterocycles. The summed E-state index contributed by atoms with van der Waals surface area (Å²) in [7, 11) is 0. The zero-order chi connectivity index (χ0) is 16.8. The Morgan fingerprint density at radius 2 is 2.00 bits per heavy atom. The fourth-order valence-electron chi connectivity index (χ4n) is 1.75. The fraction of sp³-hybridized carbons (Fsp3) is 0.562. The van der Waals surface area contributed by atoms with Gasteiger partial charge in [-0.2, -0.15) is 0 Å². The summed E-state index contributed by atoms with van der Waals surface area (Å²) in [6.07, 6.45) is 1.72. The standard InChI is InChI=1S/C16H23Cl2INO2/c1-5-12(8-11-6-7-13(17)14(18)9-11)19-10-20-15(21)22-16(2,3)4/h6-7,9,12H,5,8,10H2,1-4H3,(H,20,21)/q-1. The third kappa shape index (κ3) is 7.88. The quantitative estimate of drug-likeness (QED) is 0.401. The minimum absolute atomic E-state index is 0.149. The summed E-state index contributed by atoms with van der Waals surface area (Å²) in [6.45, 7) is 7.76. The summed E-state index contributed by atoms with van der Waals surface area (Å²) in [5, 5.41) is 4.03. The van der Waals surface area contributed by atoms with Gasteiger partial charge in [0.25, 0.3) is 0 Å². The van der Waals surface area contributed by atoms with E-state index in [9.17, 15) is 4.79 Å². The number of alkyl carbamates (subject to hydrolysis) is 1. The molecule has 0 radical (unpaired) electrons. The first-order chi connectivity index (χ1) is 10.2. The second kappa shape index (κ2) is 9.18. The molecule has 1 N–H and O–H groups in total. The molecule has 0 saturated heterocycles. The molecule has 126 valence electrons. The molecule has 1 rings (SSSR count). The average Bonchev–Trinajstić information content (AvgIpc) is 2.39. The number of amides is 1. The van der Waals surface area contributed by atoms with Crippen molar-refractivity contribution < 1.29 is 30.7 Å². The van der Waals surface area contributed by atoms with Crippen molar-refractivity contribution in [3.8, 4) is 0 Å². The van der Waals surface area contributed by atoms with Crippen LogP contribution in [0.3, 0.4) is 0 Å². The number of carbonyl (C=O) groups excluding carboxylic acids is 1. The number of alkyl halides is 2. The molecule has 0 aliphatic rings. The van der Waals surface area contributed by atoms with Crippen molar-refractivity contribution in [3.63, 3.8) is 0 Å². The van der Waals surface area contributed by atoms with Crippen LogP contribution in [-0.2, 0) is 11.2 Å². The second-order valence-electron chi connectivity index (χ2n) is 5.92. The van der Waals surface area contributed by atoms with Crippen LogP contribution in [0, 0.1) is 0 Å². The number of rotatable bonds is 6. The van der Waals surface area contributed by atoms with E-state index >= 15 is 0 Å². The van der Waals surface area contributed by atoms with E-state index in [2.05, 4.69) is 12.2 Å². The van der Waals surface area contributed by atoms with Crippen molar-refractivity contribution in [2.75, 3.05) is 4.55 Å². The summed E-state index contributed by atoms with van der Waals surface area (Å²) >= 11 is 11.8. The third-order valence-corrected chi connectivity index (χ3v) is 6.92. The number of nitrogens with one attached hydrogen (secondary N) is 1. The Hall–Kier alpha value is -0.200. The Morgan fingerprint density at radius 3 is 2.55 bits per heavy atom. The predicted molar refractivity (Wildman–Crippen MR) is 88.5 cm³/mol. The van der Waals surface area contributed by atoms with E-state index in [1.165, 1.54) is 5.56 Å². The van der Waals surface area contributed by atoms with Crippen molar-refractivity contribution in [1.29, 1.82) is 0 Å². The van der Waals surface area contributed by atoms with Gasteiger partial charge in [-0.1, -0.05) is 0 Å². The molecular formula is C16H23Cl2INO2-. The van der Waals surface area contributed by atoms with Crippen molar-refractivity contribution in [3.05, 3.63) is 33.8 Å². The Bertz CT molecular complexity index is 503. The molecule has 0 aromatic heterocycles. The van der Waals surface area contributed by atoms with E-state index in [1.54, 1.807) is 0 Å². The number of ether oxygens (including phenoxy) is 1. The molecule has 1 aromatic carbocycles. The fourth-order valence-corrected chi connectivity index (χ4v) is 4.66. The Balaban J connectivity index is 2.42. The maximum atomic E-state index is 11.6. The van der Waals surface area contributed by atoms with Gasteiger partial charge < -0.3 is 0 Å². The van der Waals surface area contributed by atoms with E-state index < -0.39 is 5.60 Å². The maximum absolute atomic E-state index is 11.6. The predicted octanol–water partition coefficient (Wildman–Crippen LogP) is 1.89. The average molecular weight is 459 g/mol. The zero-order valence-corrected chi connectivity index (χ0v) is 17.1. The molecule has 1 amide bonds. The van der Waals surface area contributed by atoms with Gasteiger partial charge in [-0.3, -0.25) is 0 Å². The summed E-state index contributed by atoms with van der Waals surface area (Å²) in [6, 6.07) is 5.78. The van der Waals surface area contributed by atoms with Crippen molar-refractivity contribution in [2.45, 2.75) is 50.1 Å². The van der Waals surface area contributed by atoms with Gasteiger partial charge in [0.2, 0.25) is 0 Å². The van der Waals surface area contributed by atoms with Crippen LogP contribution in [0.5, 0.6) is 0 Å².